The second-order valence-electron chi connectivity index (χ2n) is 9.56. The monoisotopic (exact) mass is 555 g/mol. The molecular formula is C28H30ClN3O5S. The lowest BCUT2D eigenvalue weighted by Crippen LogP contribution is -2.28. The van der Waals surface area contributed by atoms with Gasteiger partial charge in [-0.1, -0.05) is 12.1 Å². The maximum Gasteiger partial charge on any atom is 0.323 e. The summed E-state index contributed by atoms with van der Waals surface area (Å²) in [7, 11) is -3.66. The van der Waals surface area contributed by atoms with Crippen LogP contribution >= 0.6 is 12.4 Å². The summed E-state index contributed by atoms with van der Waals surface area (Å²) < 4.78 is 35.6. The molecule has 200 valence electrons. The molecule has 0 saturated carbocycles. The van der Waals surface area contributed by atoms with Crippen LogP contribution in [0, 0.1) is 0 Å². The van der Waals surface area contributed by atoms with Crippen molar-refractivity contribution in [3.63, 3.8) is 0 Å². The van der Waals surface area contributed by atoms with Gasteiger partial charge < -0.3 is 14.4 Å². The number of carbonyl (C=O) groups is 1. The fourth-order valence-corrected chi connectivity index (χ4v) is 6.46. The van der Waals surface area contributed by atoms with Crippen LogP contribution in [0.5, 0.6) is 5.75 Å². The summed E-state index contributed by atoms with van der Waals surface area (Å²) in [4.78, 5) is 15.9. The zero-order chi connectivity index (χ0) is 26.2. The number of nitrogens with zero attached hydrogens (tertiary/aromatic N) is 3. The van der Waals surface area contributed by atoms with Crippen LogP contribution in [0.4, 0.5) is 0 Å². The van der Waals surface area contributed by atoms with E-state index in [1.807, 2.05) is 50.4 Å². The average Bonchev–Trinajstić information content (AvgIpc) is 3.50. The van der Waals surface area contributed by atoms with E-state index in [9.17, 15) is 18.3 Å². The highest BCUT2D eigenvalue weighted by atomic mass is 35.5. The van der Waals surface area contributed by atoms with Gasteiger partial charge in [-0.2, -0.15) is 4.31 Å². The van der Waals surface area contributed by atoms with Crippen LogP contribution < -0.4 is 4.74 Å². The molecule has 1 N–H and O–H groups in total. The molecule has 3 heterocycles. The fraction of sp³-hybridized carbons (Fsp3) is 0.286. The van der Waals surface area contributed by atoms with Crippen molar-refractivity contribution in [2.24, 2.45) is 0 Å². The quantitative estimate of drug-likeness (QED) is 0.321. The summed E-state index contributed by atoms with van der Waals surface area (Å²) in [6.45, 7) is 4.41. The number of rotatable bonds is 8. The highest BCUT2D eigenvalue weighted by molar-refractivity contribution is 7.89. The Morgan fingerprint density at radius 1 is 1.08 bits per heavy atom. The lowest BCUT2D eigenvalue weighted by Gasteiger charge is -2.17. The van der Waals surface area contributed by atoms with Crippen LogP contribution in [0.1, 0.15) is 31.7 Å². The molecule has 8 nitrogen and oxygen atoms in total. The molecule has 4 aromatic rings. The molecule has 0 amide bonds. The molecule has 1 aliphatic rings. The van der Waals surface area contributed by atoms with E-state index < -0.39 is 16.0 Å². The predicted molar refractivity (Wildman–Crippen MR) is 148 cm³/mol. The second-order valence-corrected chi connectivity index (χ2v) is 11.5. The Kier molecular flexibility index (Phi) is 8.10. The van der Waals surface area contributed by atoms with Crippen molar-refractivity contribution in [3.05, 3.63) is 78.8 Å². The van der Waals surface area contributed by atoms with Gasteiger partial charge in [-0.05, 0) is 79.4 Å². The van der Waals surface area contributed by atoms with Crippen molar-refractivity contribution in [3.8, 4) is 16.9 Å². The van der Waals surface area contributed by atoms with E-state index in [4.69, 9.17) is 4.74 Å². The molecule has 38 heavy (non-hydrogen) atoms. The highest BCUT2D eigenvalue weighted by Gasteiger charge is 2.34. The minimum atomic E-state index is -3.66. The number of benzene rings is 2. The average molecular weight is 556 g/mol. The van der Waals surface area contributed by atoms with Crippen molar-refractivity contribution in [1.82, 2.24) is 13.9 Å². The van der Waals surface area contributed by atoms with E-state index in [1.165, 1.54) is 4.31 Å². The van der Waals surface area contributed by atoms with E-state index in [0.29, 0.717) is 25.3 Å². The first kappa shape index (κ1) is 27.6. The molecule has 5 rings (SSSR count). The van der Waals surface area contributed by atoms with Gasteiger partial charge in [0.25, 0.3) is 0 Å². The molecule has 1 unspecified atom stereocenters. The standard InChI is InChI=1S/C28H29N3O5S.ClH/c1-19(2)36-23-4-6-24(7-5-23)37(34,35)31-14-11-22(16-31)26-17-30(18-28(32)33)27-15-21(3-8-25(26)27)20-9-12-29-13-10-20;/h3-10,12-13,15,17,19,22H,11,14,16,18H2,1-2H3,(H,32,33);1H. The van der Waals surface area contributed by atoms with E-state index in [2.05, 4.69) is 4.98 Å². The van der Waals surface area contributed by atoms with Gasteiger partial charge in [0.1, 0.15) is 12.3 Å². The van der Waals surface area contributed by atoms with Crippen molar-refractivity contribution < 1.29 is 23.1 Å². The Hall–Kier alpha value is -3.40. The summed E-state index contributed by atoms with van der Waals surface area (Å²) in [5.41, 5.74) is 3.74. The topological polar surface area (TPSA) is 102 Å². The predicted octanol–water partition coefficient (Wildman–Crippen LogP) is 5.18. The number of hydrogen-bond acceptors (Lipinski definition) is 5. The summed E-state index contributed by atoms with van der Waals surface area (Å²) in [6, 6.07) is 16.4. The zero-order valence-corrected chi connectivity index (χ0v) is 22.8. The minimum absolute atomic E-state index is 0. The summed E-state index contributed by atoms with van der Waals surface area (Å²) >= 11 is 0. The zero-order valence-electron chi connectivity index (χ0n) is 21.1. The number of aromatic nitrogens is 2. The Morgan fingerprint density at radius 3 is 2.45 bits per heavy atom. The van der Waals surface area contributed by atoms with Crippen LogP contribution in [-0.2, 0) is 21.4 Å². The third-order valence-corrected chi connectivity index (χ3v) is 8.54. The number of halogens is 1. The molecule has 0 aliphatic carbocycles. The Morgan fingerprint density at radius 2 is 1.79 bits per heavy atom. The normalized spacial score (nSPS) is 16.0. The number of ether oxygens (including phenoxy) is 1. The van der Waals surface area contributed by atoms with Crippen LogP contribution in [0.15, 0.2) is 78.1 Å². The largest absolute Gasteiger partial charge is 0.491 e. The van der Waals surface area contributed by atoms with Crippen LogP contribution in [-0.4, -0.2) is 52.5 Å². The Bertz CT molecular complexity index is 1540. The van der Waals surface area contributed by atoms with Crippen LogP contribution in [0.2, 0.25) is 0 Å². The molecule has 0 spiro atoms. The van der Waals surface area contributed by atoms with E-state index in [1.54, 1.807) is 41.2 Å². The summed E-state index contributed by atoms with van der Waals surface area (Å²) in [5.74, 6) is -0.341. The lowest BCUT2D eigenvalue weighted by atomic mass is 9.96. The van der Waals surface area contributed by atoms with Crippen molar-refractivity contribution in [2.45, 2.75) is 43.7 Å². The fourth-order valence-electron chi connectivity index (χ4n) is 4.96. The van der Waals surface area contributed by atoms with Crippen LogP contribution in [0.3, 0.4) is 0 Å². The number of carboxylic acid groups (broad SMARTS) is 1. The molecule has 1 fully saturated rings. The molecule has 0 radical (unpaired) electrons. The second kappa shape index (κ2) is 11.1. The van der Waals surface area contributed by atoms with E-state index >= 15 is 0 Å². The van der Waals surface area contributed by atoms with E-state index in [-0.39, 0.29) is 35.9 Å². The molecule has 0 bridgehead atoms. The lowest BCUT2D eigenvalue weighted by molar-refractivity contribution is -0.137. The highest BCUT2D eigenvalue weighted by Crippen LogP contribution is 2.37. The third-order valence-electron chi connectivity index (χ3n) is 6.66. The first-order chi connectivity index (χ1) is 17.7. The summed E-state index contributed by atoms with van der Waals surface area (Å²) in [5, 5.41) is 10.4. The number of aliphatic carboxylic acids is 1. The molecule has 1 saturated heterocycles. The molecule has 10 heteroatoms. The molecule has 1 aliphatic heterocycles. The number of carboxylic acids is 1. The van der Waals surface area contributed by atoms with Gasteiger partial charge in [-0.3, -0.25) is 9.78 Å². The smallest absolute Gasteiger partial charge is 0.323 e. The number of hydrogen-bond donors (Lipinski definition) is 1. The minimum Gasteiger partial charge on any atom is -0.491 e. The van der Waals surface area contributed by atoms with Gasteiger partial charge in [0.15, 0.2) is 0 Å². The molecular weight excluding hydrogens is 526 g/mol. The van der Waals surface area contributed by atoms with Gasteiger partial charge >= 0.3 is 5.97 Å². The first-order valence-electron chi connectivity index (χ1n) is 12.2. The maximum atomic E-state index is 13.4. The van der Waals surface area contributed by atoms with Crippen molar-refractivity contribution in [2.75, 3.05) is 13.1 Å². The van der Waals surface area contributed by atoms with Crippen molar-refractivity contribution in [1.29, 1.82) is 0 Å². The van der Waals surface area contributed by atoms with Gasteiger partial charge in [-0.25, -0.2) is 8.42 Å². The van der Waals surface area contributed by atoms with Crippen LogP contribution in [0.25, 0.3) is 22.0 Å². The maximum absolute atomic E-state index is 13.4. The molecule has 2 aromatic carbocycles. The number of sulfonamides is 1. The van der Waals surface area contributed by atoms with Gasteiger partial charge in [-0.15, -0.1) is 12.4 Å². The number of fused-ring (bicyclic) bond motifs is 1. The van der Waals surface area contributed by atoms with Gasteiger partial charge in [0.2, 0.25) is 10.0 Å². The SMILES string of the molecule is CC(C)Oc1ccc(S(=O)(=O)N2CCC(c3cn(CC(=O)O)c4cc(-c5ccncc5)ccc34)C2)cc1.Cl. The Labute approximate surface area is 228 Å². The Balaban J connectivity index is 0.00000336. The molecule has 2 aromatic heterocycles. The van der Waals surface area contributed by atoms with Crippen molar-refractivity contribution >= 4 is 39.3 Å². The third kappa shape index (κ3) is 5.55. The van der Waals surface area contributed by atoms with Gasteiger partial charge in [0, 0.05) is 48.5 Å². The first-order valence-corrected chi connectivity index (χ1v) is 13.7. The molecule has 1 atom stereocenters. The summed E-state index contributed by atoms with van der Waals surface area (Å²) in [6.07, 6.45) is 5.98. The van der Waals surface area contributed by atoms with E-state index in [0.717, 1.165) is 27.6 Å². The number of pyridine rings is 1. The van der Waals surface area contributed by atoms with Gasteiger partial charge in [0.05, 0.1) is 11.0 Å².